The van der Waals surface area contributed by atoms with Gasteiger partial charge in [-0.05, 0) is 25.2 Å². The minimum atomic E-state index is -6.65. The maximum absolute atomic E-state index is 13.1. The molecule has 0 spiro atoms. The number of carbonyl (C=O) groups excluding carboxylic acids is 1. The Labute approximate surface area is 192 Å². The molecule has 16 heteroatoms. The number of rotatable bonds is 9. The van der Waals surface area contributed by atoms with Crippen molar-refractivity contribution in [3.63, 3.8) is 0 Å². The summed E-state index contributed by atoms with van der Waals surface area (Å²) in [6.07, 6.45) is -36.3. The largest absolute Gasteiger partial charge is 0.462 e. The van der Waals surface area contributed by atoms with Gasteiger partial charge in [0.2, 0.25) is 0 Å². The van der Waals surface area contributed by atoms with E-state index in [1.807, 2.05) is 0 Å². The first-order valence-electron chi connectivity index (χ1n) is 9.99. The number of esters is 1. The van der Waals surface area contributed by atoms with E-state index in [4.69, 9.17) is 0 Å². The lowest BCUT2D eigenvalue weighted by atomic mass is 9.73. The predicted molar refractivity (Wildman–Crippen MR) is 95.6 cm³/mol. The Morgan fingerprint density at radius 2 is 0.943 bits per heavy atom. The van der Waals surface area contributed by atoms with Gasteiger partial charge in [0, 0.05) is 12.8 Å². The molecule has 0 aliphatic rings. The summed E-state index contributed by atoms with van der Waals surface area (Å²) in [4.78, 5) is 12.7. The number of hydrogen-bond donors (Lipinski definition) is 2. The third kappa shape index (κ3) is 7.07. The Bertz CT molecular complexity index is 653. The second kappa shape index (κ2) is 10.1. The van der Waals surface area contributed by atoms with Gasteiger partial charge < -0.3 is 14.9 Å². The second-order valence-electron chi connectivity index (χ2n) is 9.32. The molecule has 0 aromatic rings. The zero-order valence-electron chi connectivity index (χ0n) is 19.1. The van der Waals surface area contributed by atoms with Crippen LogP contribution in [0.1, 0.15) is 53.9 Å². The molecule has 35 heavy (non-hydrogen) atoms. The summed E-state index contributed by atoms with van der Waals surface area (Å²) in [5, 5.41) is 18.7. The van der Waals surface area contributed by atoms with Crippen LogP contribution in [0.15, 0.2) is 0 Å². The van der Waals surface area contributed by atoms with E-state index in [0.717, 1.165) is 6.92 Å². The van der Waals surface area contributed by atoms with Gasteiger partial charge in [-0.15, -0.1) is 0 Å². The van der Waals surface area contributed by atoms with Crippen molar-refractivity contribution in [2.24, 2.45) is 17.3 Å². The maximum atomic E-state index is 13.1. The van der Waals surface area contributed by atoms with Gasteiger partial charge in [-0.25, -0.2) is 0 Å². The fraction of sp³-hybridized carbons (Fsp3) is 0.947. The minimum absolute atomic E-state index is 0.165. The lowest BCUT2D eigenvalue weighted by molar-refractivity contribution is -0.386. The Morgan fingerprint density at radius 3 is 1.14 bits per heavy atom. The molecule has 0 fully saturated rings. The molecule has 0 amide bonds. The van der Waals surface area contributed by atoms with Gasteiger partial charge in [0.05, 0.1) is 5.41 Å². The Morgan fingerprint density at radius 1 is 0.657 bits per heavy atom. The monoisotopic (exact) mass is 546 g/mol. The first-order valence-corrected chi connectivity index (χ1v) is 9.99. The Balaban J connectivity index is 6.78. The highest BCUT2D eigenvalue weighted by molar-refractivity contribution is 5.77. The van der Waals surface area contributed by atoms with E-state index in [-0.39, 0.29) is 12.3 Å². The summed E-state index contributed by atoms with van der Waals surface area (Å²) >= 11 is 0. The van der Waals surface area contributed by atoms with E-state index in [1.54, 1.807) is 0 Å². The summed E-state index contributed by atoms with van der Waals surface area (Å²) in [6.45, 7) is 6.87. The van der Waals surface area contributed by atoms with Crippen LogP contribution in [0.25, 0.3) is 0 Å². The molecule has 210 valence electrons. The summed E-state index contributed by atoms with van der Waals surface area (Å²) in [5.41, 5.74) is -13.5. The smallest absolute Gasteiger partial charge is 0.426 e. The van der Waals surface area contributed by atoms with Crippen LogP contribution in [0.3, 0.4) is 0 Å². The summed E-state index contributed by atoms with van der Waals surface area (Å²) in [7, 11) is 0. The molecule has 4 nitrogen and oxygen atoms in total. The number of halogens is 12. The van der Waals surface area contributed by atoms with Crippen LogP contribution in [0, 0.1) is 17.3 Å². The minimum Gasteiger partial charge on any atom is -0.462 e. The molecule has 1 atom stereocenters. The zero-order valence-corrected chi connectivity index (χ0v) is 19.1. The topological polar surface area (TPSA) is 66.8 Å². The standard InChI is InChI=1S/C19H26F12O4/c1-9(2)6-13(5,10(3)4)12(32)35-11(7-14(33,16(20,21)22)17(23,24)25)8-15(34,18(26,27)28)19(29,30)31/h9-11,33-34H,6-8H2,1-5H3. The third-order valence-electron chi connectivity index (χ3n) is 5.77. The zero-order chi connectivity index (χ0) is 28.6. The molecule has 1 unspecified atom stereocenters. The van der Waals surface area contributed by atoms with E-state index >= 15 is 0 Å². The van der Waals surface area contributed by atoms with Crippen LogP contribution < -0.4 is 0 Å². The maximum Gasteiger partial charge on any atom is 0.426 e. The van der Waals surface area contributed by atoms with Crippen molar-refractivity contribution in [2.75, 3.05) is 0 Å². The SMILES string of the molecule is CC(C)CC(C)(C(=O)OC(CC(O)(C(F)(F)F)C(F)(F)F)CC(O)(C(F)(F)F)C(F)(F)F)C(C)C. The molecule has 0 rings (SSSR count). The predicted octanol–water partition coefficient (Wildman–Crippen LogP) is 6.10. The molecule has 0 aromatic carbocycles. The van der Waals surface area contributed by atoms with Crippen molar-refractivity contribution in [2.45, 2.75) is 95.9 Å². The van der Waals surface area contributed by atoms with Gasteiger partial charge in [-0.1, -0.05) is 27.7 Å². The number of alkyl halides is 12. The first kappa shape index (κ1) is 33.5. The van der Waals surface area contributed by atoms with Crippen LogP contribution in [0.4, 0.5) is 52.7 Å². The van der Waals surface area contributed by atoms with Gasteiger partial charge in [0.25, 0.3) is 11.2 Å². The van der Waals surface area contributed by atoms with Gasteiger partial charge >= 0.3 is 30.7 Å². The van der Waals surface area contributed by atoms with Gasteiger partial charge in [0.15, 0.2) is 0 Å². The van der Waals surface area contributed by atoms with E-state index in [2.05, 4.69) is 4.74 Å². The average molecular weight is 546 g/mol. The number of carbonyl (C=O) groups is 1. The molecular weight excluding hydrogens is 520 g/mol. The molecule has 0 bridgehead atoms. The summed E-state index contributed by atoms with van der Waals surface area (Å²) < 4.78 is 162. The van der Waals surface area contributed by atoms with Crippen LogP contribution >= 0.6 is 0 Å². The van der Waals surface area contributed by atoms with E-state index in [1.165, 1.54) is 27.7 Å². The fourth-order valence-electron chi connectivity index (χ4n) is 3.29. The van der Waals surface area contributed by atoms with E-state index < -0.39 is 72.2 Å². The van der Waals surface area contributed by atoms with E-state index in [9.17, 15) is 67.7 Å². The first-order chi connectivity index (χ1) is 15.1. The molecule has 0 aliphatic carbocycles. The van der Waals surface area contributed by atoms with Crippen molar-refractivity contribution in [1.29, 1.82) is 0 Å². The number of aliphatic hydroxyl groups is 2. The highest BCUT2D eigenvalue weighted by Crippen LogP contribution is 2.51. The van der Waals surface area contributed by atoms with Crippen LogP contribution in [0.2, 0.25) is 0 Å². The van der Waals surface area contributed by atoms with Crippen molar-refractivity contribution in [3.8, 4) is 0 Å². The molecule has 2 N–H and O–H groups in total. The van der Waals surface area contributed by atoms with Crippen molar-refractivity contribution >= 4 is 5.97 Å². The molecule has 0 radical (unpaired) electrons. The van der Waals surface area contributed by atoms with Crippen LogP contribution in [-0.2, 0) is 9.53 Å². The second-order valence-corrected chi connectivity index (χ2v) is 9.32. The lowest BCUT2D eigenvalue weighted by Crippen LogP contribution is -2.62. The molecular formula is C19H26F12O4. The van der Waals surface area contributed by atoms with Crippen LogP contribution in [0.5, 0.6) is 0 Å². The molecule has 0 saturated carbocycles. The quantitative estimate of drug-likeness (QED) is 0.271. The van der Waals surface area contributed by atoms with Gasteiger partial charge in [-0.3, -0.25) is 4.79 Å². The fourth-order valence-corrected chi connectivity index (χ4v) is 3.29. The number of ether oxygens (including phenoxy) is 1. The number of hydrogen-bond acceptors (Lipinski definition) is 4. The highest BCUT2D eigenvalue weighted by Gasteiger charge is 2.74. The average Bonchev–Trinajstić information content (AvgIpc) is 2.56. The van der Waals surface area contributed by atoms with Crippen LogP contribution in [-0.4, -0.2) is 58.2 Å². The molecule has 0 heterocycles. The summed E-state index contributed by atoms with van der Waals surface area (Å²) in [6, 6.07) is 0. The van der Waals surface area contributed by atoms with E-state index in [0.29, 0.717) is 0 Å². The van der Waals surface area contributed by atoms with Crippen molar-refractivity contribution < 1.29 is 72.4 Å². The Hall–Kier alpha value is -1.45. The third-order valence-corrected chi connectivity index (χ3v) is 5.77. The highest BCUT2D eigenvalue weighted by atomic mass is 19.4. The normalized spacial score (nSPS) is 16.7. The molecule has 0 aliphatic heterocycles. The Kier molecular flexibility index (Phi) is 9.71. The summed E-state index contributed by atoms with van der Waals surface area (Å²) in [5.74, 6) is -2.87. The van der Waals surface area contributed by atoms with Gasteiger partial charge in [-0.2, -0.15) is 52.7 Å². The molecule has 0 saturated heterocycles. The van der Waals surface area contributed by atoms with Gasteiger partial charge in [0.1, 0.15) is 6.10 Å². The van der Waals surface area contributed by atoms with Crippen molar-refractivity contribution in [1.82, 2.24) is 0 Å². The molecule has 0 aromatic heterocycles. The lowest BCUT2D eigenvalue weighted by Gasteiger charge is -2.40. The van der Waals surface area contributed by atoms with Crippen molar-refractivity contribution in [3.05, 3.63) is 0 Å².